The van der Waals surface area contributed by atoms with Gasteiger partial charge in [0.25, 0.3) is 11.8 Å². The molecule has 2 amide bonds. The lowest BCUT2D eigenvalue weighted by molar-refractivity contribution is 0.0667. The van der Waals surface area contributed by atoms with Gasteiger partial charge in [-0.25, -0.2) is 0 Å². The molecule has 0 unspecified atom stereocenters. The van der Waals surface area contributed by atoms with E-state index in [1.165, 1.54) is 35.3 Å². The molecular weight excluding hydrogens is 322 g/mol. The van der Waals surface area contributed by atoms with E-state index in [0.717, 1.165) is 31.3 Å². The molecule has 0 aromatic heterocycles. The number of benzene rings is 1. The number of carbonyl (C=O) groups excluding carboxylic acids is 2. The summed E-state index contributed by atoms with van der Waals surface area (Å²) < 4.78 is 0. The van der Waals surface area contributed by atoms with Gasteiger partial charge in [0.05, 0.1) is 17.7 Å². The van der Waals surface area contributed by atoms with Gasteiger partial charge in [-0.3, -0.25) is 14.5 Å². The topological polar surface area (TPSA) is 37.4 Å². The van der Waals surface area contributed by atoms with Crippen LogP contribution in [0, 0.1) is 0 Å². The molecule has 0 N–H and O–H groups in total. The number of unbranched alkanes of at least 4 members (excludes halogenated alkanes) is 2. The highest BCUT2D eigenvalue weighted by Gasteiger charge is 2.35. The van der Waals surface area contributed by atoms with Gasteiger partial charge in [0, 0.05) is 0 Å². The summed E-state index contributed by atoms with van der Waals surface area (Å²) in [7, 11) is 0. The number of carbonyl (C=O) groups is 2. The maximum absolute atomic E-state index is 12.5. The molecule has 3 nitrogen and oxygen atoms in total. The first-order chi connectivity index (χ1) is 12.5. The monoisotopic (exact) mass is 353 g/mol. The molecule has 0 bridgehead atoms. The van der Waals surface area contributed by atoms with Crippen molar-refractivity contribution >= 4 is 11.8 Å². The molecule has 1 aromatic carbocycles. The molecule has 140 valence electrons. The van der Waals surface area contributed by atoms with Crippen molar-refractivity contribution in [1.82, 2.24) is 4.90 Å². The van der Waals surface area contributed by atoms with Crippen LogP contribution in [0.3, 0.4) is 0 Å². The van der Waals surface area contributed by atoms with Crippen LogP contribution >= 0.6 is 0 Å². The SMILES string of the molecule is C=C(C/C(CCCC)=C(\C)CCCC)CN1C(=O)c2ccccc2C1=O. The second kappa shape index (κ2) is 9.51. The first-order valence-electron chi connectivity index (χ1n) is 9.78. The second-order valence-corrected chi connectivity index (χ2v) is 7.26. The Bertz CT molecular complexity index is 680. The van der Waals surface area contributed by atoms with Gasteiger partial charge in [0.15, 0.2) is 0 Å². The van der Waals surface area contributed by atoms with E-state index in [2.05, 4.69) is 27.4 Å². The Morgan fingerprint density at radius 3 is 2.04 bits per heavy atom. The van der Waals surface area contributed by atoms with Gasteiger partial charge in [-0.15, -0.1) is 0 Å². The fourth-order valence-corrected chi connectivity index (χ4v) is 3.43. The standard InChI is InChI=1S/C23H31NO2/c1-5-7-11-18(4)19(12-8-6-2)15-17(3)16-24-22(25)20-13-9-10-14-21(20)23(24)26/h9-10,13-14H,3,5-8,11-12,15-16H2,1-2,4H3/b19-18+. The van der Waals surface area contributed by atoms with Crippen LogP contribution in [0.4, 0.5) is 0 Å². The van der Waals surface area contributed by atoms with Crippen LogP contribution in [-0.2, 0) is 0 Å². The van der Waals surface area contributed by atoms with Crippen LogP contribution in [0.15, 0.2) is 47.6 Å². The molecule has 1 aliphatic rings. The number of amides is 2. The summed E-state index contributed by atoms with van der Waals surface area (Å²) in [5.41, 5.74) is 4.82. The highest BCUT2D eigenvalue weighted by atomic mass is 16.2. The molecule has 0 aliphatic carbocycles. The molecule has 0 radical (unpaired) electrons. The summed E-state index contributed by atoms with van der Waals surface area (Å²) in [6.45, 7) is 11.1. The van der Waals surface area contributed by atoms with Crippen LogP contribution in [-0.4, -0.2) is 23.3 Å². The van der Waals surface area contributed by atoms with Crippen LogP contribution in [0.1, 0.15) is 86.4 Å². The maximum Gasteiger partial charge on any atom is 0.261 e. The van der Waals surface area contributed by atoms with Crippen molar-refractivity contribution in [2.45, 2.75) is 65.7 Å². The lowest BCUT2D eigenvalue weighted by atomic mass is 9.94. The maximum atomic E-state index is 12.5. The van der Waals surface area contributed by atoms with Crippen LogP contribution in [0.25, 0.3) is 0 Å². The van der Waals surface area contributed by atoms with Gasteiger partial charge >= 0.3 is 0 Å². The highest BCUT2D eigenvalue weighted by Crippen LogP contribution is 2.27. The second-order valence-electron chi connectivity index (χ2n) is 7.26. The van der Waals surface area contributed by atoms with E-state index in [1.54, 1.807) is 24.3 Å². The van der Waals surface area contributed by atoms with E-state index in [4.69, 9.17) is 0 Å². The number of hydrogen-bond donors (Lipinski definition) is 0. The average molecular weight is 354 g/mol. The summed E-state index contributed by atoms with van der Waals surface area (Å²) in [5, 5.41) is 0. The van der Waals surface area contributed by atoms with Gasteiger partial charge in [0.2, 0.25) is 0 Å². The number of allylic oxidation sites excluding steroid dienone is 2. The molecule has 0 saturated carbocycles. The minimum absolute atomic E-state index is 0.200. The third-order valence-corrected chi connectivity index (χ3v) is 5.06. The van der Waals surface area contributed by atoms with Gasteiger partial charge in [-0.05, 0) is 51.2 Å². The summed E-state index contributed by atoms with van der Waals surface area (Å²) in [6.07, 6.45) is 7.70. The summed E-state index contributed by atoms with van der Waals surface area (Å²) in [5.74, 6) is -0.401. The molecule has 0 saturated heterocycles. The van der Waals surface area contributed by atoms with Gasteiger partial charge in [-0.1, -0.05) is 62.1 Å². The Labute approximate surface area is 157 Å². The first kappa shape index (κ1) is 20.2. The molecule has 0 atom stereocenters. The molecule has 0 spiro atoms. The lowest BCUT2D eigenvalue weighted by Gasteiger charge is -2.18. The number of nitrogens with zero attached hydrogens (tertiary/aromatic N) is 1. The quantitative estimate of drug-likeness (QED) is 0.386. The Morgan fingerprint density at radius 1 is 0.962 bits per heavy atom. The van der Waals surface area contributed by atoms with Crippen molar-refractivity contribution in [3.8, 4) is 0 Å². The van der Waals surface area contributed by atoms with Crippen molar-refractivity contribution in [1.29, 1.82) is 0 Å². The van der Waals surface area contributed by atoms with Crippen molar-refractivity contribution in [2.24, 2.45) is 0 Å². The highest BCUT2D eigenvalue weighted by molar-refractivity contribution is 6.21. The summed E-state index contributed by atoms with van der Waals surface area (Å²) in [6, 6.07) is 7.04. The average Bonchev–Trinajstić information content (AvgIpc) is 2.88. The molecular formula is C23H31NO2. The van der Waals surface area contributed by atoms with Crippen LogP contribution in [0.2, 0.25) is 0 Å². The lowest BCUT2D eigenvalue weighted by Crippen LogP contribution is -2.31. The first-order valence-corrected chi connectivity index (χ1v) is 9.78. The van der Waals surface area contributed by atoms with Crippen LogP contribution in [0.5, 0.6) is 0 Å². The van der Waals surface area contributed by atoms with Crippen molar-refractivity contribution in [3.05, 3.63) is 58.7 Å². The van der Waals surface area contributed by atoms with Crippen molar-refractivity contribution < 1.29 is 9.59 Å². The zero-order valence-corrected chi connectivity index (χ0v) is 16.4. The van der Waals surface area contributed by atoms with E-state index in [-0.39, 0.29) is 11.8 Å². The van der Waals surface area contributed by atoms with E-state index in [0.29, 0.717) is 17.7 Å². The Kier molecular flexibility index (Phi) is 7.38. The summed E-state index contributed by atoms with van der Waals surface area (Å²) >= 11 is 0. The Balaban J connectivity index is 2.06. The Hall–Kier alpha value is -2.16. The van der Waals surface area contributed by atoms with Crippen LogP contribution < -0.4 is 0 Å². The predicted octanol–water partition coefficient (Wildman–Crippen LogP) is 5.93. The van der Waals surface area contributed by atoms with E-state index in [9.17, 15) is 9.59 Å². The zero-order valence-electron chi connectivity index (χ0n) is 16.4. The molecule has 1 aliphatic heterocycles. The molecule has 1 heterocycles. The third-order valence-electron chi connectivity index (χ3n) is 5.06. The fraction of sp³-hybridized carbons (Fsp3) is 0.478. The largest absolute Gasteiger partial charge is 0.270 e. The normalized spacial score (nSPS) is 14.5. The van der Waals surface area contributed by atoms with E-state index in [1.807, 2.05) is 0 Å². The minimum atomic E-state index is -0.200. The van der Waals surface area contributed by atoms with Crippen molar-refractivity contribution in [3.63, 3.8) is 0 Å². The molecule has 2 rings (SSSR count). The number of rotatable bonds is 10. The smallest absolute Gasteiger partial charge is 0.261 e. The zero-order chi connectivity index (χ0) is 19.1. The molecule has 26 heavy (non-hydrogen) atoms. The van der Waals surface area contributed by atoms with Gasteiger partial charge in [0.1, 0.15) is 0 Å². The van der Waals surface area contributed by atoms with Gasteiger partial charge < -0.3 is 0 Å². The molecule has 0 fully saturated rings. The predicted molar refractivity (Wildman–Crippen MR) is 107 cm³/mol. The van der Waals surface area contributed by atoms with Crippen molar-refractivity contribution in [2.75, 3.05) is 6.54 Å². The minimum Gasteiger partial charge on any atom is -0.270 e. The summed E-state index contributed by atoms with van der Waals surface area (Å²) in [4.78, 5) is 26.4. The third kappa shape index (κ3) is 4.72. The molecule has 1 aromatic rings. The van der Waals surface area contributed by atoms with E-state index < -0.39 is 0 Å². The number of fused-ring (bicyclic) bond motifs is 1. The number of imide groups is 1. The fourth-order valence-electron chi connectivity index (χ4n) is 3.43. The van der Waals surface area contributed by atoms with E-state index >= 15 is 0 Å². The number of hydrogen-bond acceptors (Lipinski definition) is 2. The molecule has 3 heteroatoms. The van der Waals surface area contributed by atoms with Gasteiger partial charge in [-0.2, -0.15) is 0 Å². The Morgan fingerprint density at radius 2 is 1.50 bits per heavy atom.